The van der Waals surface area contributed by atoms with Crippen LogP contribution >= 0.6 is 0 Å². The van der Waals surface area contributed by atoms with Crippen LogP contribution in [0.15, 0.2) is 24.3 Å². The molecule has 0 saturated carbocycles. The molecule has 92 valence electrons. The molecular formula is C13H17NO3. The van der Waals surface area contributed by atoms with Crippen LogP contribution < -0.4 is 5.32 Å². The summed E-state index contributed by atoms with van der Waals surface area (Å²) in [6.45, 7) is 3.38. The molecule has 1 atom stereocenters. The lowest BCUT2D eigenvalue weighted by Gasteiger charge is -2.15. The molecule has 0 heterocycles. The van der Waals surface area contributed by atoms with Gasteiger partial charge in [-0.15, -0.1) is 0 Å². The average Bonchev–Trinajstić information content (AvgIpc) is 2.29. The molecule has 0 aliphatic carbocycles. The highest BCUT2D eigenvalue weighted by atomic mass is 16.5. The number of benzene rings is 1. The first-order valence-electron chi connectivity index (χ1n) is 5.43. The van der Waals surface area contributed by atoms with Crippen LogP contribution in [0.5, 0.6) is 0 Å². The molecule has 0 fully saturated rings. The Balaban J connectivity index is 2.75. The smallest absolute Gasteiger partial charge is 0.328 e. The topological polar surface area (TPSA) is 55.4 Å². The number of carbonyl (C=O) groups is 2. The van der Waals surface area contributed by atoms with Crippen LogP contribution in [0.25, 0.3) is 0 Å². The molecule has 1 N–H and O–H groups in total. The van der Waals surface area contributed by atoms with Crippen molar-refractivity contribution in [3.05, 3.63) is 35.4 Å². The minimum absolute atomic E-state index is 0.243. The molecule has 0 bridgehead atoms. The Bertz CT molecular complexity index is 398. The number of nitrogens with one attached hydrogen (secondary N) is 1. The standard InChI is InChI=1S/C13H17NO3/c1-9-4-6-11(7-5-9)8-12(13(16)17-3)14-10(2)15/h4-7,12H,8H2,1-3H3,(H,14,15)/t12-/m0/s1. The third-order valence-electron chi connectivity index (χ3n) is 2.42. The van der Waals surface area contributed by atoms with Gasteiger partial charge < -0.3 is 10.1 Å². The highest BCUT2D eigenvalue weighted by molar-refractivity contribution is 5.83. The van der Waals surface area contributed by atoms with Crippen LogP contribution in [0.1, 0.15) is 18.1 Å². The number of esters is 1. The predicted molar refractivity (Wildman–Crippen MR) is 64.5 cm³/mol. The number of hydrogen-bond acceptors (Lipinski definition) is 3. The van der Waals surface area contributed by atoms with E-state index in [9.17, 15) is 9.59 Å². The molecule has 17 heavy (non-hydrogen) atoms. The second kappa shape index (κ2) is 6.03. The first-order chi connectivity index (χ1) is 8.02. The number of carbonyl (C=O) groups excluding carboxylic acids is 2. The largest absolute Gasteiger partial charge is 0.467 e. The van der Waals surface area contributed by atoms with Crippen molar-refractivity contribution in [1.82, 2.24) is 5.32 Å². The summed E-state index contributed by atoms with van der Waals surface area (Å²) < 4.78 is 4.66. The van der Waals surface area contributed by atoms with E-state index in [2.05, 4.69) is 10.1 Å². The maximum atomic E-state index is 11.5. The highest BCUT2D eigenvalue weighted by Crippen LogP contribution is 2.07. The molecule has 0 aromatic heterocycles. The van der Waals surface area contributed by atoms with E-state index in [0.29, 0.717) is 6.42 Å². The van der Waals surface area contributed by atoms with Gasteiger partial charge >= 0.3 is 5.97 Å². The molecule has 1 aromatic carbocycles. The van der Waals surface area contributed by atoms with Crippen molar-refractivity contribution in [3.63, 3.8) is 0 Å². The molecule has 1 rings (SSSR count). The second-order valence-corrected chi connectivity index (χ2v) is 3.97. The molecule has 0 spiro atoms. The highest BCUT2D eigenvalue weighted by Gasteiger charge is 2.20. The van der Waals surface area contributed by atoms with E-state index in [0.717, 1.165) is 11.1 Å². The minimum Gasteiger partial charge on any atom is -0.467 e. The van der Waals surface area contributed by atoms with E-state index in [4.69, 9.17) is 0 Å². The van der Waals surface area contributed by atoms with Gasteiger partial charge in [0, 0.05) is 13.3 Å². The Morgan fingerprint density at radius 2 is 1.88 bits per heavy atom. The van der Waals surface area contributed by atoms with Gasteiger partial charge in [-0.2, -0.15) is 0 Å². The number of hydrogen-bond donors (Lipinski definition) is 1. The van der Waals surface area contributed by atoms with Crippen LogP contribution in [0.4, 0.5) is 0 Å². The first-order valence-corrected chi connectivity index (χ1v) is 5.43. The van der Waals surface area contributed by atoms with Gasteiger partial charge in [-0.3, -0.25) is 4.79 Å². The fourth-order valence-corrected chi connectivity index (χ4v) is 1.54. The zero-order chi connectivity index (χ0) is 12.8. The molecule has 1 aromatic rings. The minimum atomic E-state index is -0.625. The van der Waals surface area contributed by atoms with Crippen LogP contribution in [0.3, 0.4) is 0 Å². The van der Waals surface area contributed by atoms with E-state index in [1.165, 1.54) is 14.0 Å². The second-order valence-electron chi connectivity index (χ2n) is 3.97. The van der Waals surface area contributed by atoms with Crippen molar-refractivity contribution in [3.8, 4) is 0 Å². The van der Waals surface area contributed by atoms with Crippen molar-refractivity contribution in [1.29, 1.82) is 0 Å². The Hall–Kier alpha value is -1.84. The maximum absolute atomic E-state index is 11.5. The molecule has 4 nitrogen and oxygen atoms in total. The van der Waals surface area contributed by atoms with Crippen molar-refractivity contribution >= 4 is 11.9 Å². The zero-order valence-electron chi connectivity index (χ0n) is 10.3. The number of amides is 1. The maximum Gasteiger partial charge on any atom is 0.328 e. The van der Waals surface area contributed by atoms with E-state index >= 15 is 0 Å². The molecule has 0 aliphatic rings. The molecule has 4 heteroatoms. The molecule has 1 amide bonds. The average molecular weight is 235 g/mol. The third kappa shape index (κ3) is 4.26. The van der Waals surface area contributed by atoms with Gasteiger partial charge in [-0.05, 0) is 12.5 Å². The van der Waals surface area contributed by atoms with Crippen LogP contribution in [0.2, 0.25) is 0 Å². The summed E-state index contributed by atoms with van der Waals surface area (Å²) in [5, 5.41) is 2.58. The monoisotopic (exact) mass is 235 g/mol. The summed E-state index contributed by atoms with van der Waals surface area (Å²) in [7, 11) is 1.31. The predicted octanol–water partition coefficient (Wildman–Crippen LogP) is 1.22. The van der Waals surface area contributed by atoms with Crippen molar-refractivity contribution in [2.75, 3.05) is 7.11 Å². The SMILES string of the molecule is COC(=O)[C@H](Cc1ccc(C)cc1)NC(C)=O. The Kier molecular flexibility index (Phi) is 4.69. The molecule has 0 radical (unpaired) electrons. The van der Waals surface area contributed by atoms with Gasteiger partial charge in [-0.1, -0.05) is 29.8 Å². The number of methoxy groups -OCH3 is 1. The van der Waals surface area contributed by atoms with E-state index in [1.54, 1.807) is 0 Å². The summed E-state index contributed by atoms with van der Waals surface area (Å²) in [6.07, 6.45) is 0.437. The number of rotatable bonds is 4. The lowest BCUT2D eigenvalue weighted by atomic mass is 10.0. The summed E-state index contributed by atoms with van der Waals surface area (Å²) in [5.41, 5.74) is 2.14. The van der Waals surface area contributed by atoms with E-state index < -0.39 is 12.0 Å². The van der Waals surface area contributed by atoms with Crippen molar-refractivity contribution < 1.29 is 14.3 Å². The summed E-state index contributed by atoms with van der Waals surface area (Å²) in [4.78, 5) is 22.5. The molecule has 0 aliphatic heterocycles. The van der Waals surface area contributed by atoms with Crippen molar-refractivity contribution in [2.45, 2.75) is 26.3 Å². The third-order valence-corrected chi connectivity index (χ3v) is 2.42. The lowest BCUT2D eigenvalue weighted by Crippen LogP contribution is -2.41. The molecule has 0 unspecified atom stereocenters. The zero-order valence-corrected chi connectivity index (χ0v) is 10.3. The Morgan fingerprint density at radius 3 is 2.35 bits per heavy atom. The normalized spacial score (nSPS) is 11.7. The first kappa shape index (κ1) is 13.2. The van der Waals surface area contributed by atoms with Crippen LogP contribution in [-0.2, 0) is 20.7 Å². The quantitative estimate of drug-likeness (QED) is 0.798. The summed E-state index contributed by atoms with van der Waals surface area (Å²) in [5.74, 6) is -0.673. The van der Waals surface area contributed by atoms with E-state index in [1.807, 2.05) is 31.2 Å². The van der Waals surface area contributed by atoms with Crippen LogP contribution in [-0.4, -0.2) is 25.0 Å². The van der Waals surface area contributed by atoms with Gasteiger partial charge in [0.25, 0.3) is 0 Å². The fraction of sp³-hybridized carbons (Fsp3) is 0.385. The number of ether oxygens (including phenoxy) is 1. The van der Waals surface area contributed by atoms with Gasteiger partial charge in [0.2, 0.25) is 5.91 Å². The van der Waals surface area contributed by atoms with Crippen LogP contribution in [0, 0.1) is 6.92 Å². The Morgan fingerprint density at radius 1 is 1.29 bits per heavy atom. The lowest BCUT2D eigenvalue weighted by molar-refractivity contribution is -0.144. The Labute approximate surface area is 101 Å². The number of aryl methyl sites for hydroxylation is 1. The van der Waals surface area contributed by atoms with Gasteiger partial charge in [0.1, 0.15) is 6.04 Å². The van der Waals surface area contributed by atoms with Gasteiger partial charge in [-0.25, -0.2) is 4.79 Å². The summed E-state index contributed by atoms with van der Waals surface area (Å²) >= 11 is 0. The van der Waals surface area contributed by atoms with Gasteiger partial charge in [0.05, 0.1) is 7.11 Å². The molecule has 0 saturated heterocycles. The van der Waals surface area contributed by atoms with Gasteiger partial charge in [0.15, 0.2) is 0 Å². The van der Waals surface area contributed by atoms with Crippen molar-refractivity contribution in [2.24, 2.45) is 0 Å². The summed E-state index contributed by atoms with van der Waals surface area (Å²) in [6, 6.07) is 7.19. The molecular weight excluding hydrogens is 218 g/mol. The van der Waals surface area contributed by atoms with E-state index in [-0.39, 0.29) is 5.91 Å². The fourth-order valence-electron chi connectivity index (χ4n) is 1.54.